The Hall–Kier alpha value is -2.66. The van der Waals surface area contributed by atoms with Gasteiger partial charge in [0, 0.05) is 0 Å². The maximum absolute atomic E-state index is 12.2. The highest BCUT2D eigenvalue weighted by Crippen LogP contribution is 2.08. The normalized spacial score (nSPS) is 10.9. The largest absolute Gasteiger partial charge is 0.484 e. The van der Waals surface area contributed by atoms with Gasteiger partial charge in [0.25, 0.3) is 5.91 Å². The van der Waals surface area contributed by atoms with Crippen LogP contribution in [0.15, 0.2) is 30.3 Å². The van der Waals surface area contributed by atoms with Crippen LogP contribution in [0, 0.1) is 12.3 Å². The highest BCUT2D eigenvalue weighted by Gasteiger charge is 2.21. The molecule has 3 N–H and O–H groups in total. The number of hydrogen-bond acceptors (Lipinski definition) is 5. The van der Waals surface area contributed by atoms with Gasteiger partial charge in [-0.05, 0) is 30.6 Å². The first-order valence-corrected chi connectivity index (χ1v) is 9.40. The second kappa shape index (κ2) is 12.7. The van der Waals surface area contributed by atoms with Crippen LogP contribution in [-0.4, -0.2) is 55.5 Å². The fraction of sp³-hybridized carbons (Fsp3) is 0.389. The van der Waals surface area contributed by atoms with Gasteiger partial charge in [0.2, 0.25) is 11.8 Å². The number of rotatable bonds is 11. The molecule has 0 saturated carbocycles. The third kappa shape index (κ3) is 8.99. The van der Waals surface area contributed by atoms with Crippen LogP contribution in [0.1, 0.15) is 6.42 Å². The van der Waals surface area contributed by atoms with Crippen molar-refractivity contribution in [3.05, 3.63) is 30.3 Å². The minimum atomic E-state index is -0.741. The molecule has 7 nitrogen and oxygen atoms in total. The molecule has 0 heterocycles. The first kappa shape index (κ1) is 21.4. The van der Waals surface area contributed by atoms with E-state index >= 15 is 0 Å². The Balaban J connectivity index is 2.48. The zero-order valence-corrected chi connectivity index (χ0v) is 15.4. The summed E-state index contributed by atoms with van der Waals surface area (Å²) in [5.74, 6) is 2.29. The van der Waals surface area contributed by atoms with Crippen LogP contribution < -0.4 is 20.7 Å². The molecule has 1 rings (SSSR count). The quantitative estimate of drug-likeness (QED) is 0.478. The minimum absolute atomic E-state index is 0.0954. The molecule has 0 aliphatic heterocycles. The van der Waals surface area contributed by atoms with Crippen LogP contribution >= 0.6 is 11.8 Å². The lowest BCUT2D eigenvalue weighted by molar-refractivity contribution is -0.131. The number of thioether (sulfide) groups is 1. The molecular formula is C18H23N3O4S. The van der Waals surface area contributed by atoms with E-state index in [0.717, 1.165) is 0 Å². The van der Waals surface area contributed by atoms with Gasteiger partial charge in [-0.1, -0.05) is 24.1 Å². The number of carbonyl (C=O) groups excluding carboxylic acids is 3. The van der Waals surface area contributed by atoms with Gasteiger partial charge < -0.3 is 20.7 Å². The molecule has 0 bridgehead atoms. The van der Waals surface area contributed by atoms with Crippen molar-refractivity contribution in [3.8, 4) is 18.1 Å². The predicted octanol–water partition coefficient (Wildman–Crippen LogP) is 0.169. The lowest BCUT2D eigenvalue weighted by Crippen LogP contribution is -2.50. The van der Waals surface area contributed by atoms with E-state index in [9.17, 15) is 14.4 Å². The molecular weight excluding hydrogens is 354 g/mol. The van der Waals surface area contributed by atoms with Crippen molar-refractivity contribution in [1.82, 2.24) is 16.0 Å². The minimum Gasteiger partial charge on any atom is -0.484 e. The number of carbonyl (C=O) groups is 3. The predicted molar refractivity (Wildman–Crippen MR) is 102 cm³/mol. The van der Waals surface area contributed by atoms with E-state index in [2.05, 4.69) is 21.9 Å². The van der Waals surface area contributed by atoms with Crippen molar-refractivity contribution in [1.29, 1.82) is 0 Å². The number of para-hydroxylation sites is 1. The van der Waals surface area contributed by atoms with E-state index in [4.69, 9.17) is 11.2 Å². The number of amides is 3. The average Bonchev–Trinajstić information content (AvgIpc) is 2.66. The molecule has 0 aliphatic carbocycles. The van der Waals surface area contributed by atoms with Gasteiger partial charge in [0.15, 0.2) is 6.61 Å². The Morgan fingerprint density at radius 3 is 2.58 bits per heavy atom. The van der Waals surface area contributed by atoms with Crippen LogP contribution in [-0.2, 0) is 14.4 Å². The van der Waals surface area contributed by atoms with Gasteiger partial charge in [-0.2, -0.15) is 11.8 Å². The Labute approximate surface area is 157 Å². The second-order valence-electron chi connectivity index (χ2n) is 5.20. The smallest absolute Gasteiger partial charge is 0.258 e. The summed E-state index contributed by atoms with van der Waals surface area (Å²) in [5.41, 5.74) is 0. The van der Waals surface area contributed by atoms with E-state index in [1.165, 1.54) is 0 Å². The van der Waals surface area contributed by atoms with Gasteiger partial charge >= 0.3 is 0 Å². The van der Waals surface area contributed by atoms with Crippen LogP contribution in [0.4, 0.5) is 0 Å². The number of nitrogens with one attached hydrogen (secondary N) is 3. The van der Waals surface area contributed by atoms with Gasteiger partial charge in [-0.3, -0.25) is 14.4 Å². The molecule has 8 heteroatoms. The average molecular weight is 377 g/mol. The lowest BCUT2D eigenvalue weighted by atomic mass is 10.2. The summed E-state index contributed by atoms with van der Waals surface area (Å²) >= 11 is 1.56. The number of terminal acetylenes is 1. The maximum Gasteiger partial charge on any atom is 0.258 e. The Morgan fingerprint density at radius 1 is 1.19 bits per heavy atom. The van der Waals surface area contributed by atoms with Gasteiger partial charge in [0.05, 0.1) is 13.1 Å². The molecule has 1 atom stereocenters. The van der Waals surface area contributed by atoms with E-state index in [1.54, 1.807) is 36.0 Å². The Morgan fingerprint density at radius 2 is 1.92 bits per heavy atom. The van der Waals surface area contributed by atoms with Crippen molar-refractivity contribution < 1.29 is 19.1 Å². The van der Waals surface area contributed by atoms with Crippen molar-refractivity contribution in [2.24, 2.45) is 0 Å². The summed E-state index contributed by atoms with van der Waals surface area (Å²) in [4.78, 5) is 35.8. The summed E-state index contributed by atoms with van der Waals surface area (Å²) in [5, 5.41) is 7.58. The molecule has 26 heavy (non-hydrogen) atoms. The fourth-order valence-electron chi connectivity index (χ4n) is 1.91. The summed E-state index contributed by atoms with van der Waals surface area (Å²) in [6.07, 6.45) is 7.39. The van der Waals surface area contributed by atoms with Crippen molar-refractivity contribution in [2.75, 3.05) is 31.7 Å². The fourth-order valence-corrected chi connectivity index (χ4v) is 2.38. The van der Waals surface area contributed by atoms with E-state index in [1.807, 2.05) is 12.3 Å². The topological polar surface area (TPSA) is 96.5 Å². The maximum atomic E-state index is 12.2. The first-order chi connectivity index (χ1) is 12.6. The molecule has 0 spiro atoms. The van der Waals surface area contributed by atoms with Crippen molar-refractivity contribution in [2.45, 2.75) is 12.5 Å². The zero-order valence-electron chi connectivity index (χ0n) is 14.6. The first-order valence-electron chi connectivity index (χ1n) is 8.00. The monoisotopic (exact) mass is 377 g/mol. The Kier molecular flexibility index (Phi) is 10.4. The van der Waals surface area contributed by atoms with Crippen LogP contribution in [0.3, 0.4) is 0 Å². The molecule has 1 aromatic carbocycles. The molecule has 1 unspecified atom stereocenters. The Bertz CT molecular complexity index is 631. The molecule has 0 saturated heterocycles. The molecule has 0 aliphatic rings. The third-order valence-corrected chi connectivity index (χ3v) is 3.83. The van der Waals surface area contributed by atoms with Gasteiger partial charge in [-0.25, -0.2) is 0 Å². The molecule has 1 aromatic rings. The number of ether oxygens (including phenoxy) is 1. The van der Waals surface area contributed by atoms with Crippen LogP contribution in [0.2, 0.25) is 0 Å². The molecule has 3 amide bonds. The second-order valence-corrected chi connectivity index (χ2v) is 6.19. The molecule has 0 aromatic heterocycles. The highest BCUT2D eigenvalue weighted by molar-refractivity contribution is 7.98. The van der Waals surface area contributed by atoms with Crippen LogP contribution in [0.25, 0.3) is 0 Å². The number of hydrogen-bond donors (Lipinski definition) is 3. The summed E-state index contributed by atoms with van der Waals surface area (Å²) < 4.78 is 5.36. The van der Waals surface area contributed by atoms with Crippen molar-refractivity contribution >= 4 is 29.5 Å². The van der Waals surface area contributed by atoms with Crippen LogP contribution in [0.5, 0.6) is 5.75 Å². The van der Waals surface area contributed by atoms with E-state index in [0.29, 0.717) is 17.9 Å². The molecule has 0 fully saturated rings. The van der Waals surface area contributed by atoms with Crippen molar-refractivity contribution in [3.63, 3.8) is 0 Å². The van der Waals surface area contributed by atoms with E-state index < -0.39 is 23.8 Å². The van der Waals surface area contributed by atoms with E-state index in [-0.39, 0.29) is 19.7 Å². The molecule has 140 valence electrons. The summed E-state index contributed by atoms with van der Waals surface area (Å²) in [7, 11) is 0. The van der Waals surface area contributed by atoms with Gasteiger partial charge in [-0.15, -0.1) is 6.42 Å². The standard InChI is InChI=1S/C18H23N3O4S/c1-3-10-19-16(22)12-20-18(24)15(9-11-26-2)21-17(23)13-25-14-7-5-4-6-8-14/h1,4-8,15H,9-13H2,2H3,(H,19,22)(H,20,24)(H,21,23). The highest BCUT2D eigenvalue weighted by atomic mass is 32.2. The third-order valence-electron chi connectivity index (χ3n) is 3.19. The summed E-state index contributed by atoms with van der Waals surface area (Å²) in [6.45, 7) is -0.305. The SMILES string of the molecule is C#CCNC(=O)CNC(=O)C(CCSC)NC(=O)COc1ccccc1. The number of benzene rings is 1. The zero-order chi connectivity index (χ0) is 19.2. The summed E-state index contributed by atoms with van der Waals surface area (Å²) in [6, 6.07) is 8.17. The molecule has 0 radical (unpaired) electrons. The van der Waals surface area contributed by atoms with Gasteiger partial charge in [0.1, 0.15) is 11.8 Å². The lowest BCUT2D eigenvalue weighted by Gasteiger charge is -2.18.